The van der Waals surface area contributed by atoms with Crippen molar-refractivity contribution in [3.8, 4) is 5.75 Å². The standard InChI is InChI=1S/C16H15BrN2O3S2/c1-22-14-7-6-11(10-12(14)17)24(20,21)18-9-8-16-19-13-4-2-3-5-15(13)23-16/h2-7,10,18H,8-9H2,1H3. The second-order valence-electron chi connectivity index (χ2n) is 5.02. The van der Waals surface area contributed by atoms with Crippen LogP contribution in [-0.4, -0.2) is 27.1 Å². The summed E-state index contributed by atoms with van der Waals surface area (Å²) in [6, 6.07) is 12.5. The molecule has 0 atom stereocenters. The number of ether oxygens (including phenoxy) is 1. The minimum Gasteiger partial charge on any atom is -0.496 e. The van der Waals surface area contributed by atoms with Gasteiger partial charge < -0.3 is 4.74 Å². The lowest BCUT2D eigenvalue weighted by Gasteiger charge is -2.08. The Labute approximate surface area is 152 Å². The van der Waals surface area contributed by atoms with Gasteiger partial charge in [-0.05, 0) is 46.3 Å². The molecule has 24 heavy (non-hydrogen) atoms. The Hall–Kier alpha value is -1.48. The highest BCUT2D eigenvalue weighted by molar-refractivity contribution is 9.10. The average Bonchev–Trinajstić information content (AvgIpc) is 2.97. The molecule has 0 bridgehead atoms. The van der Waals surface area contributed by atoms with Crippen LogP contribution in [0.3, 0.4) is 0 Å². The molecule has 126 valence electrons. The van der Waals surface area contributed by atoms with Gasteiger partial charge in [0.15, 0.2) is 0 Å². The van der Waals surface area contributed by atoms with Crippen LogP contribution in [0, 0.1) is 0 Å². The number of para-hydroxylation sites is 1. The fourth-order valence-corrected chi connectivity index (χ4v) is 4.93. The van der Waals surface area contributed by atoms with Gasteiger partial charge in [0.2, 0.25) is 10.0 Å². The number of methoxy groups -OCH3 is 1. The zero-order chi connectivity index (χ0) is 17.2. The first-order valence-corrected chi connectivity index (χ1v) is 10.3. The maximum absolute atomic E-state index is 12.4. The van der Waals surface area contributed by atoms with Gasteiger partial charge in [-0.15, -0.1) is 11.3 Å². The third-order valence-electron chi connectivity index (χ3n) is 3.40. The fourth-order valence-electron chi connectivity index (χ4n) is 2.22. The lowest BCUT2D eigenvalue weighted by molar-refractivity contribution is 0.411. The third kappa shape index (κ3) is 3.77. The van der Waals surface area contributed by atoms with Crippen molar-refractivity contribution in [3.63, 3.8) is 0 Å². The Balaban J connectivity index is 1.67. The van der Waals surface area contributed by atoms with Crippen molar-refractivity contribution in [1.82, 2.24) is 9.71 Å². The van der Waals surface area contributed by atoms with E-state index < -0.39 is 10.0 Å². The number of thiazole rings is 1. The lowest BCUT2D eigenvalue weighted by atomic mass is 10.3. The Bertz CT molecular complexity index is 937. The molecule has 0 aliphatic heterocycles. The molecule has 0 spiro atoms. The fraction of sp³-hybridized carbons (Fsp3) is 0.188. The van der Waals surface area contributed by atoms with E-state index in [-0.39, 0.29) is 4.90 Å². The lowest BCUT2D eigenvalue weighted by Crippen LogP contribution is -2.26. The van der Waals surface area contributed by atoms with Gasteiger partial charge in [0.25, 0.3) is 0 Å². The second-order valence-corrected chi connectivity index (χ2v) is 8.76. The van der Waals surface area contributed by atoms with E-state index >= 15 is 0 Å². The molecule has 1 aromatic heterocycles. The van der Waals surface area contributed by atoms with Crippen molar-refractivity contribution in [1.29, 1.82) is 0 Å². The van der Waals surface area contributed by atoms with Crippen LogP contribution >= 0.6 is 27.3 Å². The van der Waals surface area contributed by atoms with Crippen molar-refractivity contribution in [2.75, 3.05) is 13.7 Å². The number of fused-ring (bicyclic) bond motifs is 1. The number of hydrogen-bond acceptors (Lipinski definition) is 5. The summed E-state index contributed by atoms with van der Waals surface area (Å²) in [7, 11) is -2.03. The minimum atomic E-state index is -3.57. The summed E-state index contributed by atoms with van der Waals surface area (Å²) in [5, 5.41) is 0.912. The number of aromatic nitrogens is 1. The number of nitrogens with one attached hydrogen (secondary N) is 1. The number of sulfonamides is 1. The smallest absolute Gasteiger partial charge is 0.240 e. The molecule has 0 aliphatic carbocycles. The Morgan fingerprint density at radius 2 is 2.04 bits per heavy atom. The Morgan fingerprint density at radius 3 is 2.75 bits per heavy atom. The molecule has 1 heterocycles. The van der Waals surface area contributed by atoms with Crippen LogP contribution < -0.4 is 9.46 Å². The molecule has 0 aliphatic rings. The molecule has 8 heteroatoms. The molecule has 1 N–H and O–H groups in total. The van der Waals surface area contributed by atoms with Crippen LogP contribution in [0.1, 0.15) is 5.01 Å². The largest absolute Gasteiger partial charge is 0.496 e. The molecular weight excluding hydrogens is 412 g/mol. The molecule has 3 aromatic rings. The maximum Gasteiger partial charge on any atom is 0.240 e. The summed E-state index contributed by atoms with van der Waals surface area (Å²) in [6.45, 7) is 0.297. The van der Waals surface area contributed by atoms with Crippen molar-refractivity contribution >= 4 is 47.5 Å². The highest BCUT2D eigenvalue weighted by atomic mass is 79.9. The first kappa shape index (κ1) is 17.3. The van der Waals surface area contributed by atoms with Gasteiger partial charge in [-0.25, -0.2) is 18.1 Å². The summed E-state index contributed by atoms with van der Waals surface area (Å²) in [5.74, 6) is 0.587. The van der Waals surface area contributed by atoms with E-state index in [0.29, 0.717) is 23.2 Å². The van der Waals surface area contributed by atoms with Crippen LogP contribution in [0.4, 0.5) is 0 Å². The topological polar surface area (TPSA) is 68.3 Å². The van der Waals surface area contributed by atoms with Crippen molar-refractivity contribution in [3.05, 3.63) is 51.9 Å². The van der Waals surface area contributed by atoms with Crippen LogP contribution in [-0.2, 0) is 16.4 Å². The molecule has 3 rings (SSSR count). The van der Waals surface area contributed by atoms with Crippen molar-refractivity contribution < 1.29 is 13.2 Å². The number of nitrogens with zero attached hydrogens (tertiary/aromatic N) is 1. The van der Waals surface area contributed by atoms with E-state index in [4.69, 9.17) is 4.74 Å². The zero-order valence-electron chi connectivity index (χ0n) is 12.8. The molecule has 0 amide bonds. The molecule has 0 saturated carbocycles. The summed E-state index contributed by atoms with van der Waals surface area (Å²) < 4.78 is 34.1. The average molecular weight is 427 g/mol. The third-order valence-corrected chi connectivity index (χ3v) is 6.58. The van der Waals surface area contributed by atoms with Gasteiger partial charge >= 0.3 is 0 Å². The summed E-state index contributed by atoms with van der Waals surface area (Å²) >= 11 is 4.88. The molecular formula is C16H15BrN2O3S2. The molecule has 0 unspecified atom stereocenters. The molecule has 0 fully saturated rings. The van der Waals surface area contributed by atoms with Gasteiger partial charge in [-0.1, -0.05) is 12.1 Å². The van der Waals surface area contributed by atoms with Gasteiger partial charge in [0.1, 0.15) is 5.75 Å². The number of hydrogen-bond donors (Lipinski definition) is 1. The zero-order valence-corrected chi connectivity index (χ0v) is 16.0. The Morgan fingerprint density at radius 1 is 1.25 bits per heavy atom. The van der Waals surface area contributed by atoms with Gasteiger partial charge in [0.05, 0.1) is 31.7 Å². The Kier molecular flexibility index (Phi) is 5.19. The van der Waals surface area contributed by atoms with Gasteiger partial charge in [0, 0.05) is 13.0 Å². The van der Waals surface area contributed by atoms with Crippen LogP contribution in [0.5, 0.6) is 5.75 Å². The molecule has 2 aromatic carbocycles. The highest BCUT2D eigenvalue weighted by Crippen LogP contribution is 2.27. The van der Waals surface area contributed by atoms with Crippen LogP contribution in [0.2, 0.25) is 0 Å². The summed E-state index contributed by atoms with van der Waals surface area (Å²) in [6.07, 6.45) is 0.551. The molecule has 5 nitrogen and oxygen atoms in total. The second kappa shape index (κ2) is 7.18. The monoisotopic (exact) mass is 426 g/mol. The van der Waals surface area contributed by atoms with E-state index in [0.717, 1.165) is 15.2 Å². The van der Waals surface area contributed by atoms with E-state index in [1.54, 1.807) is 17.4 Å². The predicted molar refractivity (Wildman–Crippen MR) is 99.2 cm³/mol. The first-order chi connectivity index (χ1) is 11.5. The number of halogens is 1. The van der Waals surface area contributed by atoms with E-state index in [2.05, 4.69) is 25.6 Å². The quantitative estimate of drug-likeness (QED) is 0.653. The van der Waals surface area contributed by atoms with Crippen LogP contribution in [0.15, 0.2) is 51.8 Å². The molecule has 0 radical (unpaired) electrons. The summed E-state index contributed by atoms with van der Waals surface area (Å²) in [5.41, 5.74) is 0.944. The number of rotatable bonds is 6. The van der Waals surface area contributed by atoms with Gasteiger partial charge in [-0.2, -0.15) is 0 Å². The van der Waals surface area contributed by atoms with Crippen molar-refractivity contribution in [2.24, 2.45) is 0 Å². The highest BCUT2D eigenvalue weighted by Gasteiger charge is 2.15. The first-order valence-electron chi connectivity index (χ1n) is 7.17. The maximum atomic E-state index is 12.4. The minimum absolute atomic E-state index is 0.194. The van der Waals surface area contributed by atoms with Crippen LogP contribution in [0.25, 0.3) is 10.2 Å². The predicted octanol–water partition coefficient (Wildman–Crippen LogP) is 3.59. The SMILES string of the molecule is COc1ccc(S(=O)(=O)NCCc2nc3ccccc3s2)cc1Br. The summed E-state index contributed by atoms with van der Waals surface area (Å²) in [4.78, 5) is 4.70. The number of benzene rings is 2. The van der Waals surface area contributed by atoms with Gasteiger partial charge in [-0.3, -0.25) is 0 Å². The molecule has 0 saturated heterocycles. The van der Waals surface area contributed by atoms with Crippen molar-refractivity contribution in [2.45, 2.75) is 11.3 Å². The van der Waals surface area contributed by atoms with E-state index in [1.807, 2.05) is 24.3 Å². The van der Waals surface area contributed by atoms with E-state index in [9.17, 15) is 8.42 Å². The normalized spacial score (nSPS) is 11.8. The van der Waals surface area contributed by atoms with E-state index in [1.165, 1.54) is 19.2 Å².